The minimum atomic E-state index is -4.48. The molecule has 0 spiro atoms. The molecule has 1 aliphatic carbocycles. The third-order valence-electron chi connectivity index (χ3n) is 2.76. The number of aliphatic hydroxyl groups is 1. The predicted octanol–water partition coefficient (Wildman–Crippen LogP) is 3.81. The van der Waals surface area contributed by atoms with Crippen LogP contribution in [0.15, 0.2) is 24.0 Å². The molecule has 5 heteroatoms. The minimum absolute atomic E-state index is 0.440. The number of hydrogen-bond acceptors (Lipinski definition) is 1. The van der Waals surface area contributed by atoms with Gasteiger partial charge in [-0.2, -0.15) is 13.2 Å². The Morgan fingerprint density at radius 2 is 2.00 bits per heavy atom. The molecule has 1 rings (SSSR count). The van der Waals surface area contributed by atoms with E-state index in [-0.39, 0.29) is 0 Å². The van der Waals surface area contributed by atoms with Crippen molar-refractivity contribution < 1.29 is 18.3 Å². The van der Waals surface area contributed by atoms with E-state index in [1.165, 1.54) is 26.0 Å². The molecule has 1 aliphatic rings. The molecule has 0 amide bonds. The summed E-state index contributed by atoms with van der Waals surface area (Å²) >= 11 is 5.68. The Morgan fingerprint density at radius 1 is 1.47 bits per heavy atom. The number of alkyl halides is 4. The van der Waals surface area contributed by atoms with E-state index in [0.29, 0.717) is 0 Å². The molecule has 15 heavy (non-hydrogen) atoms. The van der Waals surface area contributed by atoms with Crippen LogP contribution in [0, 0.1) is 11.3 Å². The normalized spacial score (nSPS) is 31.9. The van der Waals surface area contributed by atoms with Crippen LogP contribution in [0.25, 0.3) is 0 Å². The van der Waals surface area contributed by atoms with Crippen molar-refractivity contribution >= 4 is 11.6 Å². The standard InChI is InChI=1S/C10H12ClF3O/c1-6(2)9(10(12,13)14)5-3-4-7(15)8(9)11/h3-6,8,15H,1-2H3. The van der Waals surface area contributed by atoms with Gasteiger partial charge in [0.05, 0.1) is 0 Å². The van der Waals surface area contributed by atoms with Gasteiger partial charge in [-0.3, -0.25) is 0 Å². The lowest BCUT2D eigenvalue weighted by Crippen LogP contribution is -2.49. The molecule has 0 bridgehead atoms. The fourth-order valence-corrected chi connectivity index (χ4v) is 2.29. The van der Waals surface area contributed by atoms with Crippen molar-refractivity contribution in [2.24, 2.45) is 11.3 Å². The monoisotopic (exact) mass is 240 g/mol. The summed E-state index contributed by atoms with van der Waals surface area (Å²) in [5.41, 5.74) is -2.19. The second kappa shape index (κ2) is 3.74. The van der Waals surface area contributed by atoms with Gasteiger partial charge in [0.1, 0.15) is 16.6 Å². The maximum absolute atomic E-state index is 13.0. The quantitative estimate of drug-likeness (QED) is 0.691. The van der Waals surface area contributed by atoms with Crippen LogP contribution < -0.4 is 0 Å². The zero-order valence-electron chi connectivity index (χ0n) is 8.35. The molecule has 0 heterocycles. The molecular formula is C10H12ClF3O. The first-order chi connectivity index (χ1) is 6.73. The summed E-state index contributed by atoms with van der Waals surface area (Å²) in [6.07, 6.45) is -1.08. The summed E-state index contributed by atoms with van der Waals surface area (Å²) in [4.78, 5) is 0. The Morgan fingerprint density at radius 3 is 2.33 bits per heavy atom. The van der Waals surface area contributed by atoms with Gasteiger partial charge >= 0.3 is 6.18 Å². The lowest BCUT2D eigenvalue weighted by Gasteiger charge is -2.41. The average molecular weight is 241 g/mol. The Bertz CT molecular complexity index is 306. The summed E-state index contributed by atoms with van der Waals surface area (Å²) in [5, 5.41) is 7.85. The topological polar surface area (TPSA) is 20.2 Å². The van der Waals surface area contributed by atoms with Gasteiger partial charge in [-0.15, -0.1) is 11.6 Å². The summed E-state index contributed by atoms with van der Waals surface area (Å²) in [6, 6.07) is 0. The summed E-state index contributed by atoms with van der Waals surface area (Å²) in [5.74, 6) is -1.18. The highest BCUT2D eigenvalue weighted by molar-refractivity contribution is 6.23. The van der Waals surface area contributed by atoms with Gasteiger partial charge in [0.15, 0.2) is 0 Å². The van der Waals surface area contributed by atoms with E-state index < -0.39 is 28.6 Å². The first-order valence-electron chi connectivity index (χ1n) is 4.52. The van der Waals surface area contributed by atoms with E-state index in [9.17, 15) is 18.3 Å². The predicted molar refractivity (Wildman–Crippen MR) is 52.8 cm³/mol. The number of halogens is 4. The molecule has 0 fully saturated rings. The van der Waals surface area contributed by atoms with Crippen LogP contribution in [-0.2, 0) is 0 Å². The Labute approximate surface area is 91.2 Å². The van der Waals surface area contributed by atoms with Crippen LogP contribution in [0.2, 0.25) is 0 Å². The first-order valence-corrected chi connectivity index (χ1v) is 4.96. The van der Waals surface area contributed by atoms with Crippen LogP contribution in [0.1, 0.15) is 13.8 Å². The number of rotatable bonds is 1. The highest BCUT2D eigenvalue weighted by Crippen LogP contribution is 2.52. The van der Waals surface area contributed by atoms with Crippen LogP contribution in [0.4, 0.5) is 13.2 Å². The second-order valence-electron chi connectivity index (χ2n) is 3.90. The summed E-state index contributed by atoms with van der Waals surface area (Å²) in [6.45, 7) is 2.87. The molecule has 1 nitrogen and oxygen atoms in total. The van der Waals surface area contributed by atoms with E-state index in [1.54, 1.807) is 0 Å². The van der Waals surface area contributed by atoms with Gasteiger partial charge in [-0.05, 0) is 12.0 Å². The van der Waals surface area contributed by atoms with Crippen molar-refractivity contribution in [3.8, 4) is 0 Å². The number of aliphatic hydroxyl groups excluding tert-OH is 1. The average Bonchev–Trinajstić information content (AvgIpc) is 2.07. The molecule has 0 aromatic carbocycles. The fraction of sp³-hybridized carbons (Fsp3) is 0.600. The van der Waals surface area contributed by atoms with Crippen molar-refractivity contribution in [2.75, 3.05) is 0 Å². The van der Waals surface area contributed by atoms with E-state index >= 15 is 0 Å². The largest absolute Gasteiger partial charge is 0.511 e. The van der Waals surface area contributed by atoms with E-state index in [1.807, 2.05) is 0 Å². The maximum atomic E-state index is 13.0. The van der Waals surface area contributed by atoms with E-state index in [2.05, 4.69) is 0 Å². The van der Waals surface area contributed by atoms with Gasteiger partial charge in [0.25, 0.3) is 0 Å². The van der Waals surface area contributed by atoms with Crippen LogP contribution in [0.3, 0.4) is 0 Å². The Hall–Kier alpha value is -0.640. The third kappa shape index (κ3) is 1.75. The van der Waals surface area contributed by atoms with Crippen molar-refractivity contribution in [1.29, 1.82) is 0 Å². The van der Waals surface area contributed by atoms with Gasteiger partial charge in [-0.1, -0.05) is 26.0 Å². The number of allylic oxidation sites excluding steroid dienone is 4. The lowest BCUT2D eigenvalue weighted by atomic mass is 9.71. The summed E-state index contributed by atoms with van der Waals surface area (Å²) in [7, 11) is 0. The molecule has 2 unspecified atom stereocenters. The molecule has 1 N–H and O–H groups in total. The van der Waals surface area contributed by atoms with Gasteiger partial charge in [-0.25, -0.2) is 0 Å². The van der Waals surface area contributed by atoms with E-state index in [0.717, 1.165) is 6.08 Å². The van der Waals surface area contributed by atoms with E-state index in [4.69, 9.17) is 11.6 Å². The highest BCUT2D eigenvalue weighted by Gasteiger charge is 2.60. The molecule has 0 saturated carbocycles. The molecule has 2 atom stereocenters. The molecular weight excluding hydrogens is 229 g/mol. The maximum Gasteiger partial charge on any atom is 0.399 e. The molecule has 0 aromatic rings. The zero-order valence-corrected chi connectivity index (χ0v) is 9.10. The van der Waals surface area contributed by atoms with Crippen molar-refractivity contribution in [1.82, 2.24) is 0 Å². The third-order valence-corrected chi connectivity index (χ3v) is 3.35. The smallest absolute Gasteiger partial charge is 0.399 e. The Kier molecular flexibility index (Phi) is 3.10. The Balaban J connectivity index is 3.26. The van der Waals surface area contributed by atoms with Gasteiger partial charge in [0.2, 0.25) is 0 Å². The van der Waals surface area contributed by atoms with Crippen molar-refractivity contribution in [3.63, 3.8) is 0 Å². The second-order valence-corrected chi connectivity index (χ2v) is 4.34. The first kappa shape index (κ1) is 12.4. The molecule has 0 aliphatic heterocycles. The highest BCUT2D eigenvalue weighted by atomic mass is 35.5. The molecule has 0 saturated heterocycles. The number of hydrogen-bond donors (Lipinski definition) is 1. The minimum Gasteiger partial charge on any atom is -0.511 e. The lowest BCUT2D eigenvalue weighted by molar-refractivity contribution is -0.220. The summed E-state index contributed by atoms with van der Waals surface area (Å²) < 4.78 is 39.0. The fourth-order valence-electron chi connectivity index (χ4n) is 1.77. The van der Waals surface area contributed by atoms with Crippen molar-refractivity contribution in [3.05, 3.63) is 24.0 Å². The molecule has 86 valence electrons. The van der Waals surface area contributed by atoms with Gasteiger partial charge < -0.3 is 5.11 Å². The molecule has 0 aromatic heterocycles. The van der Waals surface area contributed by atoms with Gasteiger partial charge in [0, 0.05) is 0 Å². The molecule has 0 radical (unpaired) electrons. The van der Waals surface area contributed by atoms with Crippen LogP contribution in [0.5, 0.6) is 0 Å². The SMILES string of the molecule is CC(C)C1(C(F)(F)F)C=CC=C(O)C1Cl. The zero-order chi connectivity index (χ0) is 11.9. The van der Waals surface area contributed by atoms with Crippen molar-refractivity contribution in [2.45, 2.75) is 25.4 Å². The van der Waals surface area contributed by atoms with Crippen LogP contribution >= 0.6 is 11.6 Å². The van der Waals surface area contributed by atoms with Crippen LogP contribution in [-0.4, -0.2) is 16.7 Å².